The zero-order valence-corrected chi connectivity index (χ0v) is 14.5. The molecule has 0 bridgehead atoms. The Morgan fingerprint density at radius 2 is 1.78 bits per heavy atom. The summed E-state index contributed by atoms with van der Waals surface area (Å²) in [5, 5.41) is 5.96. The summed E-state index contributed by atoms with van der Waals surface area (Å²) in [7, 11) is -3.56. The Bertz CT molecular complexity index is 740. The first kappa shape index (κ1) is 17.7. The molecule has 23 heavy (non-hydrogen) atoms. The van der Waals surface area contributed by atoms with Gasteiger partial charge in [0, 0.05) is 13.1 Å². The summed E-state index contributed by atoms with van der Waals surface area (Å²) in [4.78, 5) is 12.7. The summed E-state index contributed by atoms with van der Waals surface area (Å²) >= 11 is 0.991. The third-order valence-corrected chi connectivity index (χ3v) is 6.48. The minimum atomic E-state index is -3.56. The van der Waals surface area contributed by atoms with Crippen molar-refractivity contribution < 1.29 is 13.2 Å². The lowest BCUT2D eigenvalue weighted by molar-refractivity contribution is 0.0958. The van der Waals surface area contributed by atoms with Crippen LogP contribution in [0.1, 0.15) is 23.0 Å². The number of hydrogen-bond donors (Lipinski definition) is 2. The van der Waals surface area contributed by atoms with Crippen LogP contribution in [0.25, 0.3) is 0 Å². The maximum atomic E-state index is 12.5. The lowest BCUT2D eigenvalue weighted by Gasteiger charge is -2.04. The molecule has 1 aromatic carbocycles. The molecule has 0 aliphatic heterocycles. The second kappa shape index (κ2) is 8.24. The second-order valence-corrected chi connectivity index (χ2v) is 8.20. The lowest BCUT2D eigenvalue weighted by atomic mass is 10.4. The molecule has 7 heteroatoms. The van der Waals surface area contributed by atoms with Crippen molar-refractivity contribution in [3.8, 4) is 0 Å². The monoisotopic (exact) mass is 352 g/mol. The largest absolute Gasteiger partial charge is 0.350 e. The molecule has 2 N–H and O–H groups in total. The highest BCUT2D eigenvalue weighted by Gasteiger charge is 2.21. The zero-order chi connectivity index (χ0) is 16.7. The predicted octanol–water partition coefficient (Wildman–Crippen LogP) is 2.31. The van der Waals surface area contributed by atoms with E-state index < -0.39 is 9.84 Å². The Morgan fingerprint density at radius 1 is 1.04 bits per heavy atom. The van der Waals surface area contributed by atoms with Gasteiger partial charge in [0.05, 0.1) is 9.77 Å². The SMILES string of the molecule is CCCNCCNC(=O)c1ccc(S(=O)(=O)c2ccccc2)s1. The van der Waals surface area contributed by atoms with E-state index in [1.165, 1.54) is 6.07 Å². The van der Waals surface area contributed by atoms with Crippen molar-refractivity contribution in [1.82, 2.24) is 10.6 Å². The van der Waals surface area contributed by atoms with Gasteiger partial charge < -0.3 is 10.6 Å². The van der Waals surface area contributed by atoms with Crippen molar-refractivity contribution in [1.29, 1.82) is 0 Å². The Balaban J connectivity index is 2.01. The molecule has 0 aliphatic rings. The molecule has 2 rings (SSSR count). The van der Waals surface area contributed by atoms with Crippen LogP contribution < -0.4 is 10.6 Å². The molecule has 0 spiro atoms. The van der Waals surface area contributed by atoms with Crippen LogP contribution in [0, 0.1) is 0 Å². The highest BCUT2D eigenvalue weighted by atomic mass is 32.2. The Kier molecular flexibility index (Phi) is 6.32. The van der Waals surface area contributed by atoms with E-state index in [4.69, 9.17) is 0 Å². The predicted molar refractivity (Wildman–Crippen MR) is 91.7 cm³/mol. The van der Waals surface area contributed by atoms with Crippen molar-refractivity contribution in [2.45, 2.75) is 22.4 Å². The van der Waals surface area contributed by atoms with E-state index in [0.29, 0.717) is 18.0 Å². The Labute approximate surface area is 140 Å². The van der Waals surface area contributed by atoms with Crippen molar-refractivity contribution in [3.63, 3.8) is 0 Å². The highest BCUT2D eigenvalue weighted by molar-refractivity contribution is 7.93. The molecule has 0 saturated heterocycles. The van der Waals surface area contributed by atoms with Gasteiger partial charge in [-0.3, -0.25) is 4.79 Å². The van der Waals surface area contributed by atoms with Gasteiger partial charge in [0.25, 0.3) is 5.91 Å². The normalized spacial score (nSPS) is 11.3. The molecular formula is C16H20N2O3S2. The molecule has 1 heterocycles. The average Bonchev–Trinajstić information content (AvgIpc) is 3.06. The first-order valence-electron chi connectivity index (χ1n) is 7.44. The minimum Gasteiger partial charge on any atom is -0.350 e. The Hall–Kier alpha value is -1.70. The maximum Gasteiger partial charge on any atom is 0.261 e. The summed E-state index contributed by atoms with van der Waals surface area (Å²) in [6.45, 7) is 4.19. The number of rotatable bonds is 8. The zero-order valence-electron chi connectivity index (χ0n) is 12.9. The fourth-order valence-electron chi connectivity index (χ4n) is 1.96. The maximum absolute atomic E-state index is 12.5. The Morgan fingerprint density at radius 3 is 2.48 bits per heavy atom. The number of hydrogen-bond acceptors (Lipinski definition) is 5. The average molecular weight is 352 g/mol. The molecule has 0 aliphatic carbocycles. The quantitative estimate of drug-likeness (QED) is 0.715. The summed E-state index contributed by atoms with van der Waals surface area (Å²) in [5.41, 5.74) is 0. The number of benzene rings is 1. The fourth-order valence-corrected chi connectivity index (χ4v) is 4.60. The van der Waals surface area contributed by atoms with Gasteiger partial charge in [-0.1, -0.05) is 25.1 Å². The third-order valence-electron chi connectivity index (χ3n) is 3.14. The van der Waals surface area contributed by atoms with E-state index in [0.717, 1.165) is 24.3 Å². The highest BCUT2D eigenvalue weighted by Crippen LogP contribution is 2.27. The summed E-state index contributed by atoms with van der Waals surface area (Å²) in [6, 6.07) is 11.3. The van der Waals surface area contributed by atoms with Gasteiger partial charge in [0.1, 0.15) is 4.21 Å². The number of amides is 1. The minimum absolute atomic E-state index is 0.179. The van der Waals surface area contributed by atoms with E-state index in [-0.39, 0.29) is 15.0 Å². The lowest BCUT2D eigenvalue weighted by Crippen LogP contribution is -2.31. The van der Waals surface area contributed by atoms with Crippen LogP contribution in [0.3, 0.4) is 0 Å². The second-order valence-electron chi connectivity index (χ2n) is 4.94. The van der Waals surface area contributed by atoms with E-state index in [1.807, 2.05) is 0 Å². The molecule has 0 fully saturated rings. The van der Waals surface area contributed by atoms with Crippen molar-refractivity contribution in [3.05, 3.63) is 47.3 Å². The number of nitrogens with one attached hydrogen (secondary N) is 2. The molecular weight excluding hydrogens is 332 g/mol. The molecule has 0 atom stereocenters. The van der Waals surface area contributed by atoms with Gasteiger partial charge in [-0.05, 0) is 37.2 Å². The van der Waals surface area contributed by atoms with E-state index in [2.05, 4.69) is 17.6 Å². The van der Waals surface area contributed by atoms with Crippen LogP contribution in [0.5, 0.6) is 0 Å². The van der Waals surface area contributed by atoms with Crippen LogP contribution in [0.4, 0.5) is 0 Å². The van der Waals surface area contributed by atoms with Gasteiger partial charge in [-0.25, -0.2) is 8.42 Å². The van der Waals surface area contributed by atoms with Gasteiger partial charge in [-0.15, -0.1) is 11.3 Å². The van der Waals surface area contributed by atoms with E-state index in [9.17, 15) is 13.2 Å². The molecule has 1 amide bonds. The number of carbonyl (C=O) groups excluding carboxylic acids is 1. The molecule has 5 nitrogen and oxygen atoms in total. The summed E-state index contributed by atoms with van der Waals surface area (Å²) in [5.74, 6) is -0.247. The molecule has 0 saturated carbocycles. The fraction of sp³-hybridized carbons (Fsp3) is 0.312. The first-order valence-corrected chi connectivity index (χ1v) is 9.74. The topological polar surface area (TPSA) is 75.3 Å². The third kappa shape index (κ3) is 4.63. The van der Waals surface area contributed by atoms with Gasteiger partial charge in [0.15, 0.2) is 0 Å². The van der Waals surface area contributed by atoms with Gasteiger partial charge >= 0.3 is 0 Å². The molecule has 0 radical (unpaired) electrons. The van der Waals surface area contributed by atoms with E-state index >= 15 is 0 Å². The first-order chi connectivity index (χ1) is 11.1. The summed E-state index contributed by atoms with van der Waals surface area (Å²) < 4.78 is 25.1. The van der Waals surface area contributed by atoms with Gasteiger partial charge in [0.2, 0.25) is 9.84 Å². The molecule has 0 unspecified atom stereocenters. The smallest absolute Gasteiger partial charge is 0.261 e. The van der Waals surface area contributed by atoms with Crippen LogP contribution >= 0.6 is 11.3 Å². The molecule has 1 aromatic heterocycles. The van der Waals surface area contributed by atoms with Crippen LogP contribution in [-0.4, -0.2) is 34.0 Å². The van der Waals surface area contributed by atoms with Crippen molar-refractivity contribution >= 4 is 27.1 Å². The van der Waals surface area contributed by atoms with Crippen molar-refractivity contribution in [2.24, 2.45) is 0 Å². The number of sulfone groups is 1. The van der Waals surface area contributed by atoms with Crippen LogP contribution in [-0.2, 0) is 9.84 Å². The molecule has 124 valence electrons. The van der Waals surface area contributed by atoms with Crippen molar-refractivity contribution in [2.75, 3.05) is 19.6 Å². The molecule has 2 aromatic rings. The number of thiophene rings is 1. The summed E-state index contributed by atoms with van der Waals surface area (Å²) in [6.07, 6.45) is 1.04. The van der Waals surface area contributed by atoms with Gasteiger partial charge in [-0.2, -0.15) is 0 Å². The van der Waals surface area contributed by atoms with E-state index in [1.54, 1.807) is 36.4 Å². The van der Waals surface area contributed by atoms with Crippen LogP contribution in [0.15, 0.2) is 51.6 Å². The standard InChI is InChI=1S/C16H20N2O3S2/c1-2-10-17-11-12-18-16(19)14-8-9-15(22-14)23(20,21)13-6-4-3-5-7-13/h3-9,17H,2,10-12H2,1H3,(H,18,19). The number of carbonyl (C=O) groups is 1. The van der Waals surface area contributed by atoms with Crippen LogP contribution in [0.2, 0.25) is 0 Å².